The highest BCUT2D eigenvalue weighted by Crippen LogP contribution is 2.33. The summed E-state index contributed by atoms with van der Waals surface area (Å²) in [7, 11) is 1.73. The Morgan fingerprint density at radius 2 is 1.69 bits per heavy atom. The summed E-state index contributed by atoms with van der Waals surface area (Å²) in [6.45, 7) is 2.35. The first-order valence-electron chi connectivity index (χ1n) is 10.8. The molecule has 0 N–H and O–H groups in total. The Morgan fingerprint density at radius 1 is 0.897 bits per heavy atom. The first-order valence-corrected chi connectivity index (χ1v) is 10.8. The Balaban J connectivity index is 1.72. The number of methoxy groups -OCH3 is 1. The Morgan fingerprint density at radius 3 is 2.48 bits per heavy atom. The summed E-state index contributed by atoms with van der Waals surface area (Å²) >= 11 is 0. The predicted octanol–water partition coefficient (Wildman–Crippen LogP) is 5.00. The van der Waals surface area contributed by atoms with Gasteiger partial charge in [-0.15, -0.1) is 0 Å². The third-order valence-electron chi connectivity index (χ3n) is 6.79. The van der Waals surface area contributed by atoms with E-state index in [0.717, 1.165) is 18.6 Å². The standard InChI is InChI=1S/C28H28O/c1-3-20-10-11-22(18-19-8-13-23(29-2)14-9-19)25-16-17-26-24-7-5-4-6-21(24)12-15-27(26)28(20)25/h4-9,12-14,16-17,20H,3,10-11,15,18H2,1-2H3. The van der Waals surface area contributed by atoms with E-state index in [4.69, 9.17) is 4.74 Å². The predicted molar refractivity (Wildman–Crippen MR) is 120 cm³/mol. The average molecular weight is 381 g/mol. The van der Waals surface area contributed by atoms with E-state index in [-0.39, 0.29) is 0 Å². The van der Waals surface area contributed by atoms with Gasteiger partial charge in [0.1, 0.15) is 5.75 Å². The molecule has 3 aromatic rings. The van der Waals surface area contributed by atoms with E-state index in [2.05, 4.69) is 73.7 Å². The monoisotopic (exact) mass is 380 g/mol. The molecule has 0 aromatic heterocycles. The Bertz CT molecular complexity index is 1270. The fraction of sp³-hybridized carbons (Fsp3) is 0.286. The first kappa shape index (κ1) is 18.2. The molecule has 2 aliphatic carbocycles. The fourth-order valence-electron chi connectivity index (χ4n) is 5.25. The van der Waals surface area contributed by atoms with Crippen molar-refractivity contribution in [3.63, 3.8) is 0 Å². The maximum atomic E-state index is 5.32. The summed E-state index contributed by atoms with van der Waals surface area (Å²) in [5, 5.41) is 5.75. The molecule has 0 aliphatic heterocycles. The molecular formula is C28H28O. The zero-order valence-corrected chi connectivity index (χ0v) is 17.4. The third kappa shape index (κ3) is 3.19. The summed E-state index contributed by atoms with van der Waals surface area (Å²) in [4.78, 5) is 0. The molecule has 0 fully saturated rings. The quantitative estimate of drug-likeness (QED) is 0.619. The molecule has 1 heteroatoms. The lowest BCUT2D eigenvalue weighted by Gasteiger charge is -2.27. The van der Waals surface area contributed by atoms with Crippen molar-refractivity contribution >= 4 is 11.6 Å². The van der Waals surface area contributed by atoms with Crippen LogP contribution in [0.5, 0.6) is 5.75 Å². The molecule has 3 aromatic carbocycles. The van der Waals surface area contributed by atoms with Crippen molar-refractivity contribution in [1.29, 1.82) is 0 Å². The topological polar surface area (TPSA) is 9.23 Å². The van der Waals surface area contributed by atoms with Crippen molar-refractivity contribution in [3.05, 3.63) is 98.2 Å². The van der Waals surface area contributed by atoms with Gasteiger partial charge in [-0.3, -0.25) is 0 Å². The third-order valence-corrected chi connectivity index (χ3v) is 6.79. The van der Waals surface area contributed by atoms with Crippen molar-refractivity contribution in [1.82, 2.24) is 0 Å². The number of hydrogen-bond donors (Lipinski definition) is 0. The van der Waals surface area contributed by atoms with Gasteiger partial charge < -0.3 is 4.74 Å². The van der Waals surface area contributed by atoms with Crippen LogP contribution in [0.1, 0.15) is 48.8 Å². The molecule has 0 saturated carbocycles. The van der Waals surface area contributed by atoms with E-state index in [1.807, 2.05) is 0 Å². The maximum Gasteiger partial charge on any atom is 0.118 e. The average Bonchev–Trinajstić information content (AvgIpc) is 2.79. The Labute approximate surface area is 172 Å². The second-order valence-corrected chi connectivity index (χ2v) is 8.32. The largest absolute Gasteiger partial charge is 0.497 e. The van der Waals surface area contributed by atoms with Crippen LogP contribution in [0.4, 0.5) is 0 Å². The number of rotatable bonds is 4. The summed E-state index contributed by atoms with van der Waals surface area (Å²) < 4.78 is 5.32. The molecule has 0 amide bonds. The minimum Gasteiger partial charge on any atom is -0.497 e. The Hall–Kier alpha value is -2.80. The second kappa shape index (κ2) is 7.55. The van der Waals surface area contributed by atoms with Crippen LogP contribution in [0.15, 0.2) is 60.7 Å². The van der Waals surface area contributed by atoms with Crippen molar-refractivity contribution in [2.75, 3.05) is 7.11 Å². The van der Waals surface area contributed by atoms with Crippen LogP contribution >= 0.6 is 0 Å². The maximum absolute atomic E-state index is 5.32. The van der Waals surface area contributed by atoms with Gasteiger partial charge >= 0.3 is 0 Å². The zero-order valence-electron chi connectivity index (χ0n) is 17.4. The van der Waals surface area contributed by atoms with Gasteiger partial charge in [0.15, 0.2) is 0 Å². The van der Waals surface area contributed by atoms with E-state index < -0.39 is 0 Å². The minimum absolute atomic E-state index is 0.679. The summed E-state index contributed by atoms with van der Waals surface area (Å²) in [6.07, 6.45) is 8.21. The lowest BCUT2D eigenvalue weighted by atomic mass is 9.77. The van der Waals surface area contributed by atoms with E-state index in [1.165, 1.54) is 45.7 Å². The van der Waals surface area contributed by atoms with Gasteiger partial charge in [-0.05, 0) is 87.7 Å². The van der Waals surface area contributed by atoms with Crippen LogP contribution in [0.25, 0.3) is 11.6 Å². The smallest absolute Gasteiger partial charge is 0.118 e. The van der Waals surface area contributed by atoms with Gasteiger partial charge in [-0.2, -0.15) is 0 Å². The molecule has 1 unspecified atom stereocenters. The molecule has 1 atom stereocenters. The lowest BCUT2D eigenvalue weighted by Crippen LogP contribution is -2.26. The van der Waals surface area contributed by atoms with E-state index in [0.29, 0.717) is 5.92 Å². The first-order chi connectivity index (χ1) is 14.3. The SMILES string of the molecule is CCC1CCC(Cc2ccc(OC)cc2)=c2ccc3c(c21)CC=c1ccccc1=3. The molecule has 146 valence electrons. The van der Waals surface area contributed by atoms with Gasteiger partial charge in [0.25, 0.3) is 0 Å². The summed E-state index contributed by atoms with van der Waals surface area (Å²) in [5.74, 6) is 1.61. The van der Waals surface area contributed by atoms with Gasteiger partial charge in [0.2, 0.25) is 0 Å². The molecule has 5 rings (SSSR count). The molecule has 0 heterocycles. The molecule has 0 radical (unpaired) electrons. The molecule has 0 saturated heterocycles. The Kier molecular flexibility index (Phi) is 4.75. The molecule has 29 heavy (non-hydrogen) atoms. The van der Waals surface area contributed by atoms with Crippen molar-refractivity contribution in [2.24, 2.45) is 0 Å². The van der Waals surface area contributed by atoms with E-state index >= 15 is 0 Å². The van der Waals surface area contributed by atoms with Crippen molar-refractivity contribution in [2.45, 2.75) is 44.9 Å². The molecule has 1 nitrogen and oxygen atoms in total. The number of fused-ring (bicyclic) bond motifs is 4. The van der Waals surface area contributed by atoms with Crippen LogP contribution in [0.2, 0.25) is 0 Å². The molecule has 0 bridgehead atoms. The van der Waals surface area contributed by atoms with Crippen LogP contribution in [-0.4, -0.2) is 7.11 Å². The zero-order chi connectivity index (χ0) is 19.8. The van der Waals surface area contributed by atoms with Gasteiger partial charge in [-0.1, -0.05) is 67.1 Å². The summed E-state index contributed by atoms with van der Waals surface area (Å²) in [5.41, 5.74) is 6.17. The number of ether oxygens (including phenoxy) is 1. The van der Waals surface area contributed by atoms with Gasteiger partial charge in [0.05, 0.1) is 7.11 Å². The normalized spacial score (nSPS) is 17.0. The minimum atomic E-state index is 0.679. The lowest BCUT2D eigenvalue weighted by molar-refractivity contribution is 0.414. The van der Waals surface area contributed by atoms with E-state index in [9.17, 15) is 0 Å². The summed E-state index contributed by atoms with van der Waals surface area (Å²) in [6, 6.07) is 22.2. The van der Waals surface area contributed by atoms with Gasteiger partial charge in [-0.25, -0.2) is 0 Å². The van der Waals surface area contributed by atoms with E-state index in [1.54, 1.807) is 23.8 Å². The van der Waals surface area contributed by atoms with Crippen LogP contribution in [0, 0.1) is 10.4 Å². The molecule has 2 aliphatic rings. The highest BCUT2D eigenvalue weighted by Gasteiger charge is 2.23. The van der Waals surface area contributed by atoms with Crippen LogP contribution in [-0.2, 0) is 12.8 Å². The van der Waals surface area contributed by atoms with Crippen LogP contribution < -0.4 is 15.2 Å². The van der Waals surface area contributed by atoms with Crippen molar-refractivity contribution in [3.8, 4) is 5.75 Å². The second-order valence-electron chi connectivity index (χ2n) is 8.32. The highest BCUT2D eigenvalue weighted by molar-refractivity contribution is 5.57. The molecular weight excluding hydrogens is 352 g/mol. The van der Waals surface area contributed by atoms with Crippen molar-refractivity contribution < 1.29 is 4.74 Å². The fourth-order valence-corrected chi connectivity index (χ4v) is 5.25. The highest BCUT2D eigenvalue weighted by atomic mass is 16.5. The van der Waals surface area contributed by atoms with Gasteiger partial charge in [0, 0.05) is 0 Å². The van der Waals surface area contributed by atoms with Crippen LogP contribution in [0.3, 0.4) is 0 Å². The number of hydrogen-bond acceptors (Lipinski definition) is 1. The molecule has 0 spiro atoms. The number of benzene rings is 3.